The van der Waals surface area contributed by atoms with Crippen molar-refractivity contribution in [3.8, 4) is 0 Å². The molecule has 4 heteroatoms. The van der Waals surface area contributed by atoms with Crippen molar-refractivity contribution in [2.45, 2.75) is 43.7 Å². The molecule has 1 aliphatic carbocycles. The summed E-state index contributed by atoms with van der Waals surface area (Å²) in [7, 11) is 1.62. The lowest BCUT2D eigenvalue weighted by molar-refractivity contribution is -0.206. The molecular weight excluding hydrogens is 184 g/mol. The average Bonchev–Trinajstić information content (AvgIpc) is 2.19. The van der Waals surface area contributed by atoms with E-state index in [9.17, 15) is 5.11 Å². The second kappa shape index (κ2) is 4.57. The minimum absolute atomic E-state index is 0.0816. The summed E-state index contributed by atoms with van der Waals surface area (Å²) in [6.07, 6.45) is 2.53. The maximum Gasteiger partial charge on any atom is 0.109 e. The third-order valence-corrected chi connectivity index (χ3v) is 3.03. The Hall–Kier alpha value is -0.160. The Labute approximate surface area is 84.1 Å². The smallest absolute Gasteiger partial charge is 0.109 e. The van der Waals surface area contributed by atoms with Crippen LogP contribution >= 0.6 is 0 Å². The largest absolute Gasteiger partial charge is 0.390 e. The predicted octanol–water partition coefficient (Wildman–Crippen LogP) is 0.330. The summed E-state index contributed by atoms with van der Waals surface area (Å²) in [4.78, 5) is 0. The van der Waals surface area contributed by atoms with E-state index in [0.29, 0.717) is 12.5 Å². The Balaban J connectivity index is 1.74. The fourth-order valence-electron chi connectivity index (χ4n) is 2.06. The normalized spacial score (nSPS) is 39.4. The zero-order chi connectivity index (χ0) is 9.97. The van der Waals surface area contributed by atoms with Gasteiger partial charge in [0.1, 0.15) is 6.10 Å². The molecule has 1 N–H and O–H groups in total. The van der Waals surface area contributed by atoms with Crippen LogP contribution in [-0.4, -0.2) is 49.8 Å². The van der Waals surface area contributed by atoms with E-state index in [-0.39, 0.29) is 18.3 Å². The average molecular weight is 202 g/mol. The molecule has 4 nitrogen and oxygen atoms in total. The van der Waals surface area contributed by atoms with Crippen LogP contribution in [0.1, 0.15) is 19.3 Å². The van der Waals surface area contributed by atoms with Crippen molar-refractivity contribution in [1.29, 1.82) is 0 Å². The third kappa shape index (κ3) is 2.08. The fourth-order valence-corrected chi connectivity index (χ4v) is 2.06. The van der Waals surface area contributed by atoms with Gasteiger partial charge in [0.25, 0.3) is 0 Å². The van der Waals surface area contributed by atoms with Crippen LogP contribution in [0.2, 0.25) is 0 Å². The number of ether oxygens (including phenoxy) is 3. The van der Waals surface area contributed by atoms with Gasteiger partial charge in [0.15, 0.2) is 0 Å². The summed E-state index contributed by atoms with van der Waals surface area (Å²) in [5.41, 5.74) is 0. The summed E-state index contributed by atoms with van der Waals surface area (Å²) in [5, 5.41) is 9.38. The molecule has 1 heterocycles. The second-order valence-electron chi connectivity index (χ2n) is 3.99. The van der Waals surface area contributed by atoms with Crippen molar-refractivity contribution in [1.82, 2.24) is 0 Å². The number of hydrogen-bond donors (Lipinski definition) is 1. The van der Waals surface area contributed by atoms with E-state index in [1.54, 1.807) is 7.11 Å². The third-order valence-electron chi connectivity index (χ3n) is 3.03. The van der Waals surface area contributed by atoms with E-state index in [4.69, 9.17) is 14.2 Å². The summed E-state index contributed by atoms with van der Waals surface area (Å²) < 4.78 is 16.2. The molecule has 3 atom stereocenters. The summed E-state index contributed by atoms with van der Waals surface area (Å²) in [6.45, 7) is 1.58. The van der Waals surface area contributed by atoms with Gasteiger partial charge in [0.2, 0.25) is 0 Å². The van der Waals surface area contributed by atoms with Crippen molar-refractivity contribution in [3.63, 3.8) is 0 Å². The highest BCUT2D eigenvalue weighted by Crippen LogP contribution is 2.29. The number of rotatable bonds is 3. The maximum absolute atomic E-state index is 9.38. The van der Waals surface area contributed by atoms with Gasteiger partial charge in [-0.05, 0) is 12.8 Å². The quantitative estimate of drug-likeness (QED) is 0.716. The maximum atomic E-state index is 9.38. The van der Waals surface area contributed by atoms with Crippen molar-refractivity contribution >= 4 is 0 Å². The van der Waals surface area contributed by atoms with E-state index in [0.717, 1.165) is 26.1 Å². The highest BCUT2D eigenvalue weighted by molar-refractivity contribution is 4.92. The summed E-state index contributed by atoms with van der Waals surface area (Å²) in [5.74, 6) is 0. The molecule has 2 fully saturated rings. The Morgan fingerprint density at radius 1 is 1.29 bits per heavy atom. The Kier molecular flexibility index (Phi) is 3.38. The molecule has 1 aliphatic heterocycles. The van der Waals surface area contributed by atoms with Crippen LogP contribution in [0, 0.1) is 0 Å². The first-order valence-electron chi connectivity index (χ1n) is 5.25. The van der Waals surface area contributed by atoms with E-state index >= 15 is 0 Å². The summed E-state index contributed by atoms with van der Waals surface area (Å²) in [6, 6.07) is 0. The van der Waals surface area contributed by atoms with Gasteiger partial charge in [0.05, 0.1) is 18.3 Å². The molecule has 3 unspecified atom stereocenters. The standard InChI is InChI=1S/C10H18O4/c1-12-10-8(11)6-9(10)14-7-2-4-13-5-3-7/h7-11H,2-6H2,1H3. The molecule has 14 heavy (non-hydrogen) atoms. The molecule has 1 saturated heterocycles. The van der Waals surface area contributed by atoms with Crippen molar-refractivity contribution < 1.29 is 19.3 Å². The van der Waals surface area contributed by atoms with Gasteiger partial charge >= 0.3 is 0 Å². The van der Waals surface area contributed by atoms with Crippen LogP contribution in [-0.2, 0) is 14.2 Å². The Morgan fingerprint density at radius 3 is 2.57 bits per heavy atom. The fraction of sp³-hybridized carbons (Fsp3) is 1.00. The van der Waals surface area contributed by atoms with Crippen LogP contribution in [0.25, 0.3) is 0 Å². The molecular formula is C10H18O4. The van der Waals surface area contributed by atoms with Gasteiger partial charge in [-0.15, -0.1) is 0 Å². The van der Waals surface area contributed by atoms with Gasteiger partial charge in [-0.2, -0.15) is 0 Å². The number of aliphatic hydroxyl groups is 1. The molecule has 82 valence electrons. The SMILES string of the molecule is COC1C(O)CC1OC1CCOCC1. The highest BCUT2D eigenvalue weighted by atomic mass is 16.6. The van der Waals surface area contributed by atoms with Crippen LogP contribution in [0.4, 0.5) is 0 Å². The lowest BCUT2D eigenvalue weighted by atomic mass is 9.87. The molecule has 0 spiro atoms. The van der Waals surface area contributed by atoms with Crippen LogP contribution in [0.5, 0.6) is 0 Å². The molecule has 0 amide bonds. The van der Waals surface area contributed by atoms with Crippen LogP contribution in [0.15, 0.2) is 0 Å². The zero-order valence-corrected chi connectivity index (χ0v) is 8.52. The molecule has 0 radical (unpaired) electrons. The summed E-state index contributed by atoms with van der Waals surface area (Å²) >= 11 is 0. The van der Waals surface area contributed by atoms with Gasteiger partial charge < -0.3 is 19.3 Å². The van der Waals surface area contributed by atoms with E-state index in [1.807, 2.05) is 0 Å². The van der Waals surface area contributed by atoms with Crippen LogP contribution < -0.4 is 0 Å². The second-order valence-corrected chi connectivity index (χ2v) is 3.99. The predicted molar refractivity (Wildman–Crippen MR) is 50.1 cm³/mol. The van der Waals surface area contributed by atoms with Crippen molar-refractivity contribution in [3.05, 3.63) is 0 Å². The molecule has 2 rings (SSSR count). The number of methoxy groups -OCH3 is 1. The number of aliphatic hydroxyl groups excluding tert-OH is 1. The lowest BCUT2D eigenvalue weighted by Gasteiger charge is -2.42. The van der Waals surface area contributed by atoms with E-state index < -0.39 is 0 Å². The van der Waals surface area contributed by atoms with Crippen molar-refractivity contribution in [2.75, 3.05) is 20.3 Å². The molecule has 2 aliphatic rings. The first-order chi connectivity index (χ1) is 6.81. The number of hydrogen-bond acceptors (Lipinski definition) is 4. The molecule has 0 aromatic heterocycles. The Bertz CT molecular complexity index is 179. The molecule has 1 saturated carbocycles. The zero-order valence-electron chi connectivity index (χ0n) is 8.52. The van der Waals surface area contributed by atoms with E-state index in [2.05, 4.69) is 0 Å². The molecule has 0 bridgehead atoms. The molecule has 0 aromatic rings. The van der Waals surface area contributed by atoms with Crippen molar-refractivity contribution in [2.24, 2.45) is 0 Å². The lowest BCUT2D eigenvalue weighted by Crippen LogP contribution is -2.54. The minimum Gasteiger partial charge on any atom is -0.390 e. The first kappa shape index (κ1) is 10.4. The Morgan fingerprint density at radius 2 is 2.00 bits per heavy atom. The molecule has 0 aromatic carbocycles. The van der Waals surface area contributed by atoms with Gasteiger partial charge in [-0.1, -0.05) is 0 Å². The monoisotopic (exact) mass is 202 g/mol. The minimum atomic E-state index is -0.343. The van der Waals surface area contributed by atoms with Gasteiger partial charge in [0, 0.05) is 26.7 Å². The van der Waals surface area contributed by atoms with Gasteiger partial charge in [-0.25, -0.2) is 0 Å². The first-order valence-corrected chi connectivity index (χ1v) is 5.25. The highest BCUT2D eigenvalue weighted by Gasteiger charge is 2.42. The van der Waals surface area contributed by atoms with Gasteiger partial charge in [-0.3, -0.25) is 0 Å². The van der Waals surface area contributed by atoms with Crippen LogP contribution in [0.3, 0.4) is 0 Å². The topological polar surface area (TPSA) is 47.9 Å². The van der Waals surface area contributed by atoms with E-state index in [1.165, 1.54) is 0 Å².